The van der Waals surface area contributed by atoms with Crippen molar-refractivity contribution >= 4 is 11.6 Å². The summed E-state index contributed by atoms with van der Waals surface area (Å²) in [4.78, 5) is 14.6. The highest BCUT2D eigenvalue weighted by atomic mass is 16.5. The average molecular weight is 375 g/mol. The molecule has 0 spiro atoms. The fourth-order valence-electron chi connectivity index (χ4n) is 3.57. The summed E-state index contributed by atoms with van der Waals surface area (Å²) in [6, 6.07) is 18.6. The molecule has 1 aliphatic rings. The number of nitriles is 1. The highest BCUT2D eigenvalue weighted by Crippen LogP contribution is 2.24. The lowest BCUT2D eigenvalue weighted by Crippen LogP contribution is -2.35. The van der Waals surface area contributed by atoms with E-state index in [1.54, 1.807) is 30.5 Å². The molecule has 2 aromatic rings. The number of carbonyl (C=O) groups is 1. The summed E-state index contributed by atoms with van der Waals surface area (Å²) in [6.45, 7) is 6.13. The van der Waals surface area contributed by atoms with Crippen molar-refractivity contribution in [3.8, 4) is 17.6 Å². The maximum atomic E-state index is 12.5. The van der Waals surface area contributed by atoms with Crippen LogP contribution in [0.1, 0.15) is 20.3 Å². The number of likely N-dealkylation sites (tertiary alicyclic amines) is 1. The molecular weight excluding hydrogens is 350 g/mol. The summed E-state index contributed by atoms with van der Waals surface area (Å²) < 4.78 is 5.74. The second-order valence-corrected chi connectivity index (χ2v) is 7.45. The molecule has 0 aromatic heterocycles. The maximum absolute atomic E-state index is 12.5. The molecule has 144 valence electrons. The van der Waals surface area contributed by atoms with Crippen molar-refractivity contribution in [3.63, 3.8) is 0 Å². The first-order chi connectivity index (χ1) is 13.5. The van der Waals surface area contributed by atoms with Crippen molar-refractivity contribution in [2.45, 2.75) is 20.3 Å². The Balaban J connectivity index is 1.62. The molecule has 28 heavy (non-hydrogen) atoms. The van der Waals surface area contributed by atoms with Gasteiger partial charge in [0.2, 0.25) is 0 Å². The Bertz CT molecular complexity index is 859. The monoisotopic (exact) mass is 375 g/mol. The van der Waals surface area contributed by atoms with Crippen LogP contribution in [0.3, 0.4) is 0 Å². The quantitative estimate of drug-likeness (QED) is 0.602. The summed E-state index contributed by atoms with van der Waals surface area (Å²) in [7, 11) is 0. The van der Waals surface area contributed by atoms with Crippen molar-refractivity contribution in [3.05, 3.63) is 66.4 Å². The molecule has 5 nitrogen and oxygen atoms in total. The van der Waals surface area contributed by atoms with Gasteiger partial charge < -0.3 is 15.0 Å². The molecular formula is C23H25N3O2. The van der Waals surface area contributed by atoms with E-state index in [1.165, 1.54) is 6.42 Å². The van der Waals surface area contributed by atoms with Gasteiger partial charge in [-0.1, -0.05) is 32.0 Å². The summed E-state index contributed by atoms with van der Waals surface area (Å²) >= 11 is 0. The van der Waals surface area contributed by atoms with Crippen molar-refractivity contribution < 1.29 is 9.53 Å². The Hall–Kier alpha value is -3.26. The molecule has 2 atom stereocenters. The number of benzene rings is 2. The van der Waals surface area contributed by atoms with E-state index in [4.69, 9.17) is 4.74 Å². The van der Waals surface area contributed by atoms with Crippen LogP contribution in [-0.4, -0.2) is 23.9 Å². The standard InChI is InChI=1S/C23H25N3O2/c1-17-12-18(2)15-26(14-17)16-19(13-24)23(27)25-20-8-10-22(11-9-20)28-21-6-4-3-5-7-21/h3-11,16-18H,12,14-15H2,1-2H3,(H,25,27)/b19-16-. The Kier molecular flexibility index (Phi) is 6.33. The topological polar surface area (TPSA) is 65.4 Å². The van der Waals surface area contributed by atoms with Gasteiger partial charge in [0.1, 0.15) is 23.1 Å². The van der Waals surface area contributed by atoms with E-state index in [-0.39, 0.29) is 5.57 Å². The van der Waals surface area contributed by atoms with Gasteiger partial charge in [0.25, 0.3) is 5.91 Å². The second kappa shape index (κ2) is 9.09. The summed E-state index contributed by atoms with van der Waals surface area (Å²) in [5, 5.41) is 12.2. The van der Waals surface area contributed by atoms with Crippen molar-refractivity contribution in [2.24, 2.45) is 11.8 Å². The van der Waals surface area contributed by atoms with Gasteiger partial charge in [0.05, 0.1) is 0 Å². The van der Waals surface area contributed by atoms with Gasteiger partial charge in [-0.2, -0.15) is 5.26 Å². The lowest BCUT2D eigenvalue weighted by atomic mass is 9.92. The first-order valence-electron chi connectivity index (χ1n) is 9.54. The molecule has 0 saturated carbocycles. The molecule has 1 amide bonds. The number of nitrogens with zero attached hydrogens (tertiary/aromatic N) is 2. The van der Waals surface area contributed by atoms with Gasteiger partial charge in [0.15, 0.2) is 0 Å². The van der Waals surface area contributed by atoms with Crippen molar-refractivity contribution in [1.82, 2.24) is 4.90 Å². The first-order valence-corrected chi connectivity index (χ1v) is 9.54. The smallest absolute Gasteiger partial charge is 0.267 e. The minimum Gasteiger partial charge on any atom is -0.457 e. The fraction of sp³-hybridized carbons (Fsp3) is 0.304. The van der Waals surface area contributed by atoms with E-state index >= 15 is 0 Å². The third-order valence-corrected chi connectivity index (χ3v) is 4.66. The van der Waals surface area contributed by atoms with Gasteiger partial charge in [-0.3, -0.25) is 4.79 Å². The first kappa shape index (κ1) is 19.5. The van der Waals surface area contributed by atoms with Crippen LogP contribution in [0.2, 0.25) is 0 Å². The van der Waals surface area contributed by atoms with Gasteiger partial charge in [0, 0.05) is 25.0 Å². The summed E-state index contributed by atoms with van der Waals surface area (Å²) in [6.07, 6.45) is 2.87. The van der Waals surface area contributed by atoms with E-state index in [0.717, 1.165) is 18.8 Å². The number of amides is 1. The molecule has 0 bridgehead atoms. The molecule has 2 unspecified atom stereocenters. The van der Waals surface area contributed by atoms with E-state index in [0.29, 0.717) is 23.3 Å². The van der Waals surface area contributed by atoms with Crippen LogP contribution in [-0.2, 0) is 4.79 Å². The van der Waals surface area contributed by atoms with E-state index in [2.05, 4.69) is 24.1 Å². The number of para-hydroxylation sites is 1. The molecule has 1 saturated heterocycles. The van der Waals surface area contributed by atoms with Crippen LogP contribution < -0.4 is 10.1 Å². The van der Waals surface area contributed by atoms with Crippen LogP contribution in [0.4, 0.5) is 5.69 Å². The number of piperidine rings is 1. The van der Waals surface area contributed by atoms with E-state index in [9.17, 15) is 10.1 Å². The minimum atomic E-state index is -0.398. The Morgan fingerprint density at radius 1 is 1.07 bits per heavy atom. The summed E-state index contributed by atoms with van der Waals surface area (Å²) in [5.74, 6) is 2.14. The molecule has 1 fully saturated rings. The van der Waals surface area contributed by atoms with Crippen LogP contribution in [0.15, 0.2) is 66.4 Å². The van der Waals surface area contributed by atoms with E-state index < -0.39 is 5.91 Å². The highest BCUT2D eigenvalue weighted by Gasteiger charge is 2.21. The molecule has 5 heteroatoms. The zero-order valence-corrected chi connectivity index (χ0v) is 16.3. The number of hydrogen-bond acceptors (Lipinski definition) is 4. The SMILES string of the molecule is CC1CC(C)CN(/C=C(/C#N)C(=O)Nc2ccc(Oc3ccccc3)cc2)C1. The predicted molar refractivity (Wildman–Crippen MR) is 110 cm³/mol. The third kappa shape index (κ3) is 5.37. The number of anilines is 1. The molecule has 0 aliphatic carbocycles. The van der Waals surface area contributed by atoms with E-state index in [1.807, 2.05) is 36.4 Å². The van der Waals surface area contributed by atoms with Crippen LogP contribution >= 0.6 is 0 Å². The van der Waals surface area contributed by atoms with Crippen LogP contribution in [0, 0.1) is 23.2 Å². The van der Waals surface area contributed by atoms with Gasteiger partial charge in [-0.05, 0) is 54.7 Å². The van der Waals surface area contributed by atoms with Crippen molar-refractivity contribution in [1.29, 1.82) is 5.26 Å². The molecule has 2 aromatic carbocycles. The number of nitrogens with one attached hydrogen (secondary N) is 1. The Labute approximate surface area is 166 Å². The number of carbonyl (C=O) groups excluding carboxylic acids is 1. The largest absolute Gasteiger partial charge is 0.457 e. The maximum Gasteiger partial charge on any atom is 0.267 e. The Morgan fingerprint density at radius 2 is 1.68 bits per heavy atom. The number of ether oxygens (including phenoxy) is 1. The minimum absolute atomic E-state index is 0.117. The fourth-order valence-corrected chi connectivity index (χ4v) is 3.57. The zero-order valence-electron chi connectivity index (χ0n) is 16.3. The lowest BCUT2D eigenvalue weighted by molar-refractivity contribution is -0.112. The second-order valence-electron chi connectivity index (χ2n) is 7.45. The molecule has 0 radical (unpaired) electrons. The molecule has 1 aliphatic heterocycles. The zero-order chi connectivity index (χ0) is 19.9. The van der Waals surface area contributed by atoms with Crippen LogP contribution in [0.25, 0.3) is 0 Å². The molecule has 1 N–H and O–H groups in total. The number of hydrogen-bond donors (Lipinski definition) is 1. The van der Waals surface area contributed by atoms with Crippen LogP contribution in [0.5, 0.6) is 11.5 Å². The van der Waals surface area contributed by atoms with Gasteiger partial charge in [-0.25, -0.2) is 0 Å². The lowest BCUT2D eigenvalue weighted by Gasteiger charge is -2.34. The van der Waals surface area contributed by atoms with Crippen molar-refractivity contribution in [2.75, 3.05) is 18.4 Å². The molecule has 3 rings (SSSR count). The number of rotatable bonds is 5. The summed E-state index contributed by atoms with van der Waals surface area (Å²) in [5.41, 5.74) is 0.734. The van der Waals surface area contributed by atoms with Gasteiger partial charge >= 0.3 is 0 Å². The Morgan fingerprint density at radius 3 is 2.29 bits per heavy atom. The third-order valence-electron chi connectivity index (χ3n) is 4.66. The highest BCUT2D eigenvalue weighted by molar-refractivity contribution is 6.06. The predicted octanol–water partition coefficient (Wildman–Crippen LogP) is 4.80. The normalized spacial score (nSPS) is 19.6. The average Bonchev–Trinajstić information content (AvgIpc) is 2.67. The van der Waals surface area contributed by atoms with Gasteiger partial charge in [-0.15, -0.1) is 0 Å². The molecule has 1 heterocycles.